The van der Waals surface area contributed by atoms with Gasteiger partial charge < -0.3 is 5.32 Å². The maximum absolute atomic E-state index is 12.7. The van der Waals surface area contributed by atoms with Crippen molar-refractivity contribution in [2.75, 3.05) is 18.4 Å². The number of aryl methyl sites for hydroxylation is 1. The SMILES string of the molecule is CCN(CC)S(=O)(=O)c1cc(C(=O)Nc2ccc(Cl)cc2C)ccc1Cl. The van der Waals surface area contributed by atoms with Crippen molar-refractivity contribution in [2.45, 2.75) is 25.7 Å². The fourth-order valence-corrected chi connectivity index (χ4v) is 4.69. The highest BCUT2D eigenvalue weighted by atomic mass is 35.5. The second kappa shape index (κ2) is 8.39. The molecule has 0 aliphatic rings. The minimum atomic E-state index is -3.77. The summed E-state index contributed by atoms with van der Waals surface area (Å²) >= 11 is 12.0. The Morgan fingerprint density at radius 1 is 1.08 bits per heavy atom. The van der Waals surface area contributed by atoms with Crippen LogP contribution in [0.2, 0.25) is 10.0 Å². The number of nitrogens with zero attached hydrogens (tertiary/aromatic N) is 1. The number of benzene rings is 2. The molecule has 0 radical (unpaired) electrons. The lowest BCUT2D eigenvalue weighted by Gasteiger charge is -2.19. The standard InChI is InChI=1S/C18H20Cl2N2O3S/c1-4-22(5-2)26(24,25)17-11-13(6-8-15(17)20)18(23)21-16-9-7-14(19)10-12(16)3/h6-11H,4-5H2,1-3H3,(H,21,23). The van der Waals surface area contributed by atoms with E-state index in [1.807, 2.05) is 6.92 Å². The molecule has 1 amide bonds. The van der Waals surface area contributed by atoms with Gasteiger partial charge in [-0.1, -0.05) is 37.0 Å². The maximum Gasteiger partial charge on any atom is 0.255 e. The predicted octanol–water partition coefficient (Wildman–Crippen LogP) is 4.58. The summed E-state index contributed by atoms with van der Waals surface area (Å²) < 4.78 is 26.8. The number of hydrogen-bond donors (Lipinski definition) is 1. The van der Waals surface area contributed by atoms with E-state index >= 15 is 0 Å². The molecule has 0 aliphatic carbocycles. The van der Waals surface area contributed by atoms with Gasteiger partial charge in [0.2, 0.25) is 10.0 Å². The van der Waals surface area contributed by atoms with Crippen LogP contribution in [0.25, 0.3) is 0 Å². The number of carbonyl (C=O) groups is 1. The molecule has 2 aromatic carbocycles. The molecule has 26 heavy (non-hydrogen) atoms. The van der Waals surface area contributed by atoms with Crippen molar-refractivity contribution in [2.24, 2.45) is 0 Å². The van der Waals surface area contributed by atoms with Crippen LogP contribution >= 0.6 is 23.2 Å². The van der Waals surface area contributed by atoms with E-state index in [2.05, 4.69) is 5.32 Å². The van der Waals surface area contributed by atoms with Crippen LogP contribution in [0.1, 0.15) is 29.8 Å². The Morgan fingerprint density at radius 3 is 2.31 bits per heavy atom. The highest BCUT2D eigenvalue weighted by molar-refractivity contribution is 7.89. The van der Waals surface area contributed by atoms with E-state index in [4.69, 9.17) is 23.2 Å². The van der Waals surface area contributed by atoms with Crippen LogP contribution in [-0.2, 0) is 10.0 Å². The molecule has 2 aromatic rings. The molecule has 1 N–H and O–H groups in total. The molecule has 0 spiro atoms. The molecule has 0 bridgehead atoms. The molecule has 2 rings (SSSR count). The Kier molecular flexibility index (Phi) is 6.69. The average Bonchev–Trinajstić information content (AvgIpc) is 2.58. The molecule has 8 heteroatoms. The first-order valence-electron chi connectivity index (χ1n) is 8.07. The monoisotopic (exact) mass is 414 g/mol. The summed E-state index contributed by atoms with van der Waals surface area (Å²) in [5.74, 6) is -0.428. The van der Waals surface area contributed by atoms with Gasteiger partial charge in [0.1, 0.15) is 4.90 Å². The van der Waals surface area contributed by atoms with Crippen LogP contribution in [0.5, 0.6) is 0 Å². The Morgan fingerprint density at radius 2 is 1.73 bits per heavy atom. The molecular weight excluding hydrogens is 395 g/mol. The lowest BCUT2D eigenvalue weighted by atomic mass is 10.1. The summed E-state index contributed by atoms with van der Waals surface area (Å²) in [6.07, 6.45) is 0. The highest BCUT2D eigenvalue weighted by Crippen LogP contribution is 2.27. The number of sulfonamides is 1. The largest absolute Gasteiger partial charge is 0.322 e. The van der Waals surface area contributed by atoms with Gasteiger partial charge in [-0.3, -0.25) is 4.79 Å². The molecule has 0 unspecified atom stereocenters. The van der Waals surface area contributed by atoms with Gasteiger partial charge >= 0.3 is 0 Å². The van der Waals surface area contributed by atoms with Crippen LogP contribution in [-0.4, -0.2) is 31.7 Å². The summed E-state index contributed by atoms with van der Waals surface area (Å²) in [6.45, 7) is 5.94. The maximum atomic E-state index is 12.7. The molecule has 0 aliphatic heterocycles. The van der Waals surface area contributed by atoms with Crippen molar-refractivity contribution in [3.8, 4) is 0 Å². The summed E-state index contributed by atoms with van der Waals surface area (Å²) in [5, 5.41) is 3.41. The third-order valence-electron chi connectivity index (χ3n) is 3.95. The van der Waals surface area contributed by atoms with E-state index in [0.29, 0.717) is 23.8 Å². The van der Waals surface area contributed by atoms with Crippen molar-refractivity contribution in [1.29, 1.82) is 0 Å². The summed E-state index contributed by atoms with van der Waals surface area (Å²) in [6, 6.07) is 9.30. The quantitative estimate of drug-likeness (QED) is 0.751. The Labute approximate surface area is 164 Å². The van der Waals surface area contributed by atoms with Gasteiger partial charge in [0.05, 0.1) is 5.02 Å². The number of anilines is 1. The van der Waals surface area contributed by atoms with Gasteiger partial charge in [-0.15, -0.1) is 0 Å². The van der Waals surface area contributed by atoms with Crippen LogP contribution in [0.3, 0.4) is 0 Å². The average molecular weight is 415 g/mol. The van der Waals surface area contributed by atoms with Crippen molar-refractivity contribution in [1.82, 2.24) is 4.31 Å². The molecule has 140 valence electrons. The number of hydrogen-bond acceptors (Lipinski definition) is 3. The third kappa shape index (κ3) is 4.38. The van der Waals surface area contributed by atoms with E-state index in [0.717, 1.165) is 5.56 Å². The number of amides is 1. The Bertz CT molecular complexity index is 926. The van der Waals surface area contributed by atoms with Crippen molar-refractivity contribution < 1.29 is 13.2 Å². The van der Waals surface area contributed by atoms with Gasteiger partial charge in [0.25, 0.3) is 5.91 Å². The van der Waals surface area contributed by atoms with Crippen LogP contribution in [0, 0.1) is 6.92 Å². The van der Waals surface area contributed by atoms with Gasteiger partial charge in [-0.05, 0) is 48.9 Å². The Balaban J connectivity index is 2.38. The minimum Gasteiger partial charge on any atom is -0.322 e. The van der Waals surface area contributed by atoms with Gasteiger partial charge in [-0.25, -0.2) is 8.42 Å². The number of halogens is 2. The molecular formula is C18H20Cl2N2O3S. The lowest BCUT2D eigenvalue weighted by Crippen LogP contribution is -2.31. The first-order chi connectivity index (χ1) is 12.2. The first kappa shape index (κ1) is 20.7. The minimum absolute atomic E-state index is 0.0797. The van der Waals surface area contributed by atoms with Gasteiger partial charge in [0, 0.05) is 29.4 Å². The highest BCUT2D eigenvalue weighted by Gasteiger charge is 2.25. The van der Waals surface area contributed by atoms with Gasteiger partial charge in [-0.2, -0.15) is 4.31 Å². The van der Waals surface area contributed by atoms with E-state index in [-0.39, 0.29) is 15.5 Å². The summed E-state index contributed by atoms with van der Waals surface area (Å²) in [5.41, 5.74) is 1.60. The second-order valence-corrected chi connectivity index (χ2v) is 8.40. The Hall–Kier alpha value is -1.60. The van der Waals surface area contributed by atoms with Crippen LogP contribution in [0.15, 0.2) is 41.3 Å². The van der Waals surface area contributed by atoms with Crippen molar-refractivity contribution in [3.05, 3.63) is 57.6 Å². The number of carbonyl (C=O) groups excluding carboxylic acids is 1. The first-order valence-corrected chi connectivity index (χ1v) is 10.3. The zero-order chi connectivity index (χ0) is 19.5. The normalized spacial score (nSPS) is 11.6. The molecule has 0 fully saturated rings. The zero-order valence-corrected chi connectivity index (χ0v) is 17.0. The van der Waals surface area contributed by atoms with E-state index in [1.54, 1.807) is 32.0 Å². The molecule has 0 heterocycles. The van der Waals surface area contributed by atoms with E-state index in [9.17, 15) is 13.2 Å². The lowest BCUT2D eigenvalue weighted by molar-refractivity contribution is 0.102. The summed E-state index contributed by atoms with van der Waals surface area (Å²) in [4.78, 5) is 12.5. The second-order valence-electron chi connectivity index (χ2n) is 5.65. The van der Waals surface area contributed by atoms with Crippen LogP contribution < -0.4 is 5.32 Å². The van der Waals surface area contributed by atoms with Crippen molar-refractivity contribution >= 4 is 44.8 Å². The molecule has 5 nitrogen and oxygen atoms in total. The predicted molar refractivity (Wildman–Crippen MR) is 106 cm³/mol. The smallest absolute Gasteiger partial charge is 0.255 e. The number of rotatable bonds is 6. The zero-order valence-electron chi connectivity index (χ0n) is 14.7. The van der Waals surface area contributed by atoms with Crippen molar-refractivity contribution in [3.63, 3.8) is 0 Å². The fraction of sp³-hybridized carbons (Fsp3) is 0.278. The molecule has 0 saturated carbocycles. The summed E-state index contributed by atoms with van der Waals surface area (Å²) in [7, 11) is -3.77. The molecule has 0 atom stereocenters. The van der Waals surface area contributed by atoms with E-state index < -0.39 is 15.9 Å². The van der Waals surface area contributed by atoms with Gasteiger partial charge in [0.15, 0.2) is 0 Å². The van der Waals surface area contributed by atoms with E-state index in [1.165, 1.54) is 22.5 Å². The van der Waals surface area contributed by atoms with Crippen LogP contribution in [0.4, 0.5) is 5.69 Å². The topological polar surface area (TPSA) is 66.5 Å². The molecule has 0 aromatic heterocycles. The third-order valence-corrected chi connectivity index (χ3v) is 6.72. The molecule has 0 saturated heterocycles. The fourth-order valence-electron chi connectivity index (χ4n) is 2.51. The number of nitrogens with one attached hydrogen (secondary N) is 1.